The Kier molecular flexibility index (Phi) is 4.90. The molecule has 2 aromatic carbocycles. The summed E-state index contributed by atoms with van der Waals surface area (Å²) >= 11 is 1.46. The highest BCUT2D eigenvalue weighted by Crippen LogP contribution is 2.26. The molecule has 4 aromatic rings. The maximum atomic E-state index is 12.1. The number of ether oxygens (including phenoxy) is 2. The van der Waals surface area contributed by atoms with Crippen LogP contribution in [0.4, 0.5) is 5.69 Å². The van der Waals surface area contributed by atoms with Crippen molar-refractivity contribution in [1.29, 1.82) is 0 Å². The Bertz CT molecular complexity index is 1100. The topological polar surface area (TPSA) is 90.6 Å². The lowest BCUT2D eigenvalue weighted by Gasteiger charge is -2.08. The number of nitrogens with one attached hydrogen (secondary N) is 1. The first kappa shape index (κ1) is 17.9. The molecule has 8 nitrogen and oxygen atoms in total. The van der Waals surface area contributed by atoms with Crippen LogP contribution in [0.1, 0.15) is 5.82 Å². The molecule has 0 fully saturated rings. The number of hydrogen-bond donors (Lipinski definition) is 1. The molecule has 0 bridgehead atoms. The Hall–Kier alpha value is -3.46. The third kappa shape index (κ3) is 3.79. The molecule has 1 amide bonds. The van der Waals surface area contributed by atoms with Crippen LogP contribution in [-0.2, 0) is 4.79 Å². The molecular weight excluding hydrogens is 378 g/mol. The molecule has 4 rings (SSSR count). The van der Waals surface area contributed by atoms with Crippen molar-refractivity contribution in [3.8, 4) is 22.1 Å². The van der Waals surface area contributed by atoms with Gasteiger partial charge in [-0.15, -0.1) is 10.2 Å². The summed E-state index contributed by atoms with van der Waals surface area (Å²) in [7, 11) is 1.60. The predicted molar refractivity (Wildman–Crippen MR) is 106 cm³/mol. The van der Waals surface area contributed by atoms with Crippen LogP contribution >= 0.6 is 11.3 Å². The number of aryl methyl sites for hydroxylation is 1. The van der Waals surface area contributed by atoms with Gasteiger partial charge in [-0.3, -0.25) is 4.79 Å². The Labute approximate surface area is 164 Å². The average Bonchev–Trinajstić information content (AvgIpc) is 3.29. The lowest BCUT2D eigenvalue weighted by molar-refractivity contribution is -0.118. The SMILES string of the molecule is COc1ccc(OCC(=O)Nc2ccc(-c3nn4c(C)nnc4s3)cc2)cc1. The van der Waals surface area contributed by atoms with Gasteiger partial charge in [0, 0.05) is 11.3 Å². The third-order valence-corrected chi connectivity index (χ3v) is 4.94. The number of rotatable bonds is 6. The van der Waals surface area contributed by atoms with E-state index in [2.05, 4.69) is 20.6 Å². The van der Waals surface area contributed by atoms with Crippen molar-refractivity contribution in [3.05, 3.63) is 54.4 Å². The van der Waals surface area contributed by atoms with E-state index in [1.54, 1.807) is 35.9 Å². The Morgan fingerprint density at radius 2 is 1.79 bits per heavy atom. The molecular formula is C19H17N5O3S. The molecule has 2 aromatic heterocycles. The van der Waals surface area contributed by atoms with Gasteiger partial charge in [0.05, 0.1) is 7.11 Å². The third-order valence-electron chi connectivity index (χ3n) is 3.99. The molecule has 0 spiro atoms. The molecule has 9 heteroatoms. The van der Waals surface area contributed by atoms with Gasteiger partial charge >= 0.3 is 0 Å². The van der Waals surface area contributed by atoms with Crippen molar-refractivity contribution in [2.45, 2.75) is 6.92 Å². The number of carbonyl (C=O) groups is 1. The van der Waals surface area contributed by atoms with E-state index in [0.29, 0.717) is 11.4 Å². The minimum absolute atomic E-state index is 0.0793. The first-order chi connectivity index (χ1) is 13.6. The maximum absolute atomic E-state index is 12.1. The molecule has 0 saturated heterocycles. The monoisotopic (exact) mass is 395 g/mol. The van der Waals surface area contributed by atoms with Crippen LogP contribution in [0.3, 0.4) is 0 Å². The normalized spacial score (nSPS) is 10.8. The van der Waals surface area contributed by atoms with Gasteiger partial charge in [-0.1, -0.05) is 11.3 Å². The molecule has 0 atom stereocenters. The van der Waals surface area contributed by atoms with E-state index in [4.69, 9.17) is 9.47 Å². The molecule has 1 N–H and O–H groups in total. The predicted octanol–water partition coefficient (Wildman–Crippen LogP) is 3.19. The van der Waals surface area contributed by atoms with Gasteiger partial charge in [0.15, 0.2) is 12.4 Å². The van der Waals surface area contributed by atoms with Crippen molar-refractivity contribution in [3.63, 3.8) is 0 Å². The summed E-state index contributed by atoms with van der Waals surface area (Å²) in [6.45, 7) is 1.78. The van der Waals surface area contributed by atoms with E-state index < -0.39 is 0 Å². The minimum Gasteiger partial charge on any atom is -0.497 e. The van der Waals surface area contributed by atoms with Crippen LogP contribution in [0.5, 0.6) is 11.5 Å². The fourth-order valence-corrected chi connectivity index (χ4v) is 3.44. The second-order valence-electron chi connectivity index (χ2n) is 5.94. The number of amides is 1. The molecule has 0 aliphatic heterocycles. The number of anilines is 1. The zero-order chi connectivity index (χ0) is 19.5. The summed E-state index contributed by atoms with van der Waals surface area (Å²) in [6, 6.07) is 14.5. The van der Waals surface area contributed by atoms with Gasteiger partial charge in [0.1, 0.15) is 16.5 Å². The molecule has 28 heavy (non-hydrogen) atoms. The first-order valence-electron chi connectivity index (χ1n) is 8.48. The van der Waals surface area contributed by atoms with Crippen molar-refractivity contribution in [2.75, 3.05) is 19.0 Å². The fourth-order valence-electron chi connectivity index (χ4n) is 2.55. The van der Waals surface area contributed by atoms with Crippen molar-refractivity contribution >= 4 is 27.9 Å². The van der Waals surface area contributed by atoms with Crippen LogP contribution in [0.15, 0.2) is 48.5 Å². The van der Waals surface area contributed by atoms with E-state index in [-0.39, 0.29) is 12.5 Å². The number of aromatic nitrogens is 4. The Morgan fingerprint density at radius 3 is 2.46 bits per heavy atom. The summed E-state index contributed by atoms with van der Waals surface area (Å²) in [5.74, 6) is 1.85. The molecule has 2 heterocycles. The van der Waals surface area contributed by atoms with E-state index in [0.717, 1.165) is 27.1 Å². The van der Waals surface area contributed by atoms with Gasteiger partial charge in [-0.25, -0.2) is 0 Å². The van der Waals surface area contributed by atoms with Crippen molar-refractivity contribution < 1.29 is 14.3 Å². The van der Waals surface area contributed by atoms with Gasteiger partial charge in [-0.05, 0) is 55.5 Å². The smallest absolute Gasteiger partial charge is 0.262 e. The first-order valence-corrected chi connectivity index (χ1v) is 9.30. The molecule has 0 radical (unpaired) electrons. The highest BCUT2D eigenvalue weighted by atomic mass is 32.1. The van der Waals surface area contributed by atoms with Crippen LogP contribution in [0.2, 0.25) is 0 Å². The summed E-state index contributed by atoms with van der Waals surface area (Å²) in [6.07, 6.45) is 0. The minimum atomic E-state index is -0.238. The second-order valence-corrected chi connectivity index (χ2v) is 6.89. The lowest BCUT2D eigenvalue weighted by Crippen LogP contribution is -2.20. The van der Waals surface area contributed by atoms with Crippen LogP contribution in [-0.4, -0.2) is 39.4 Å². The maximum Gasteiger partial charge on any atom is 0.262 e. The van der Waals surface area contributed by atoms with Crippen molar-refractivity contribution in [1.82, 2.24) is 19.8 Å². The van der Waals surface area contributed by atoms with Crippen LogP contribution in [0, 0.1) is 6.92 Å². The second kappa shape index (κ2) is 7.65. The Morgan fingerprint density at radius 1 is 1.07 bits per heavy atom. The Balaban J connectivity index is 1.36. The van der Waals surface area contributed by atoms with Gasteiger partial charge in [0.25, 0.3) is 5.91 Å². The number of methoxy groups -OCH3 is 1. The highest BCUT2D eigenvalue weighted by Gasteiger charge is 2.11. The van der Waals surface area contributed by atoms with E-state index in [1.165, 1.54) is 11.3 Å². The summed E-state index contributed by atoms with van der Waals surface area (Å²) < 4.78 is 12.3. The van der Waals surface area contributed by atoms with Crippen molar-refractivity contribution in [2.24, 2.45) is 0 Å². The standard InChI is InChI=1S/C19H17N5O3S/c1-12-21-22-19-24(12)23-18(28-19)13-3-5-14(6-4-13)20-17(25)11-27-16-9-7-15(26-2)8-10-16/h3-10H,11H2,1-2H3,(H,20,25). The lowest BCUT2D eigenvalue weighted by atomic mass is 10.2. The molecule has 0 aliphatic rings. The molecule has 0 aliphatic carbocycles. The number of carbonyl (C=O) groups excluding carboxylic acids is 1. The average molecular weight is 395 g/mol. The van der Waals surface area contributed by atoms with Crippen LogP contribution in [0.25, 0.3) is 15.5 Å². The zero-order valence-electron chi connectivity index (χ0n) is 15.2. The summed E-state index contributed by atoms with van der Waals surface area (Å²) in [5, 5.41) is 16.2. The fraction of sp³-hybridized carbons (Fsp3) is 0.158. The number of hydrogen-bond acceptors (Lipinski definition) is 7. The number of fused-ring (bicyclic) bond motifs is 1. The van der Waals surface area contributed by atoms with Crippen LogP contribution < -0.4 is 14.8 Å². The molecule has 0 unspecified atom stereocenters. The van der Waals surface area contributed by atoms with E-state index in [1.807, 2.05) is 31.2 Å². The molecule has 142 valence electrons. The number of benzene rings is 2. The van der Waals surface area contributed by atoms with Gasteiger partial charge < -0.3 is 14.8 Å². The zero-order valence-corrected chi connectivity index (χ0v) is 16.1. The van der Waals surface area contributed by atoms with Gasteiger partial charge in [0.2, 0.25) is 4.96 Å². The summed E-state index contributed by atoms with van der Waals surface area (Å²) in [4.78, 5) is 12.8. The largest absolute Gasteiger partial charge is 0.497 e. The van der Waals surface area contributed by atoms with Gasteiger partial charge in [-0.2, -0.15) is 9.61 Å². The summed E-state index contributed by atoms with van der Waals surface area (Å²) in [5.41, 5.74) is 1.63. The van der Waals surface area contributed by atoms with E-state index in [9.17, 15) is 4.79 Å². The highest BCUT2D eigenvalue weighted by molar-refractivity contribution is 7.19. The quantitative estimate of drug-likeness (QED) is 0.539. The van der Waals surface area contributed by atoms with E-state index >= 15 is 0 Å². The number of nitrogens with zero attached hydrogens (tertiary/aromatic N) is 4. The molecule has 0 saturated carbocycles.